The zero-order valence-corrected chi connectivity index (χ0v) is 17.3. The molecule has 0 radical (unpaired) electrons. The Bertz CT molecular complexity index is 370. The maximum Gasteiger partial charge on any atom is 0.263 e. The Morgan fingerprint density at radius 1 is 0.875 bits per heavy atom. The first-order chi connectivity index (χ1) is 11.3. The van der Waals surface area contributed by atoms with Crippen molar-refractivity contribution in [2.24, 2.45) is 11.5 Å². The van der Waals surface area contributed by atoms with E-state index in [2.05, 4.69) is 43.6 Å². The van der Waals surface area contributed by atoms with Gasteiger partial charge in [0.05, 0.1) is 0 Å². The van der Waals surface area contributed by atoms with Crippen LogP contribution in [0, 0.1) is 10.8 Å². The third kappa shape index (κ3) is 26.3. The summed E-state index contributed by atoms with van der Waals surface area (Å²) in [5.74, 6) is -1.16. The number of carbonyl (C=O) groups excluding carboxylic acids is 2. The molecule has 6 N–H and O–H groups in total. The Kier molecular flexibility index (Phi) is 26.3. The standard InChI is InChI=1S/C8H17.2C3H6N2OS.O.V/c1-3-5-7-8-6-4-2;2*4-2(1-7)3(5)6;;/h1,3-8H2,2H3;2*4,7H,1H2,(H2,5,6);;. The maximum absolute atomic E-state index is 10.1. The second kappa shape index (κ2) is 22.4. The number of hydrogen-bond acceptors (Lipinski definition) is 7. The molecule has 0 fully saturated rings. The molecule has 0 aromatic carbocycles. The fraction of sp³-hybridized carbons (Fsp3) is 0.714. The van der Waals surface area contributed by atoms with Gasteiger partial charge in [-0.15, -0.1) is 0 Å². The van der Waals surface area contributed by atoms with E-state index in [0.717, 1.165) is 5.13 Å². The van der Waals surface area contributed by atoms with Crippen molar-refractivity contribution in [1.82, 2.24) is 0 Å². The van der Waals surface area contributed by atoms with E-state index in [0.29, 0.717) is 0 Å². The molecule has 0 atom stereocenters. The average molecular weight is 416 g/mol. The molecule has 2 amide bonds. The Morgan fingerprint density at radius 3 is 1.50 bits per heavy atom. The van der Waals surface area contributed by atoms with E-state index in [-0.39, 0.29) is 22.9 Å². The van der Waals surface area contributed by atoms with Crippen LogP contribution in [0.2, 0.25) is 5.13 Å². The van der Waals surface area contributed by atoms with Crippen molar-refractivity contribution in [3.63, 3.8) is 0 Å². The molecule has 7 nitrogen and oxygen atoms in total. The molecule has 0 saturated heterocycles. The van der Waals surface area contributed by atoms with Gasteiger partial charge in [0.15, 0.2) is 0 Å². The normalized spacial score (nSPS) is 8.79. The first-order valence-corrected chi connectivity index (χ1v) is 10.4. The molecule has 0 aliphatic carbocycles. The summed E-state index contributed by atoms with van der Waals surface area (Å²) >= 11 is 6.71. The summed E-state index contributed by atoms with van der Waals surface area (Å²) in [6, 6.07) is 0. The van der Waals surface area contributed by atoms with Gasteiger partial charge < -0.3 is 11.5 Å². The first-order valence-electron chi connectivity index (χ1n) is 7.53. The maximum atomic E-state index is 10.1. The Balaban J connectivity index is -0.000000283. The molecule has 0 rings (SSSR count). The molecular formula is C14H29N4O3S2V. The molecule has 0 spiro atoms. The van der Waals surface area contributed by atoms with Gasteiger partial charge in [-0.25, -0.2) is 0 Å². The molecular weight excluding hydrogens is 387 g/mol. The summed E-state index contributed by atoms with van der Waals surface area (Å²) in [6.45, 7) is 2.22. The van der Waals surface area contributed by atoms with Gasteiger partial charge in [-0.2, -0.15) is 25.3 Å². The minimum atomic E-state index is -0.699. The molecule has 0 aromatic heterocycles. The minimum absolute atomic E-state index is 0.120. The molecule has 0 aromatic rings. The summed E-state index contributed by atoms with van der Waals surface area (Å²) in [5.41, 5.74) is 8.97. The average Bonchev–Trinajstić information content (AvgIpc) is 2.57. The zero-order chi connectivity index (χ0) is 19.4. The topological polar surface area (TPSA) is 151 Å². The third-order valence-electron chi connectivity index (χ3n) is 2.51. The van der Waals surface area contributed by atoms with Crippen molar-refractivity contribution in [1.29, 1.82) is 10.8 Å². The second-order valence-corrected chi connectivity index (χ2v) is 6.36. The van der Waals surface area contributed by atoms with Crippen LogP contribution in [-0.4, -0.2) is 34.7 Å². The van der Waals surface area contributed by atoms with Gasteiger partial charge >= 0.3 is 70.5 Å². The number of nitrogens with one attached hydrogen (secondary N) is 2. The number of nitrogens with two attached hydrogens (primary N) is 2. The first kappa shape index (κ1) is 28.2. The number of primary amides is 2. The van der Waals surface area contributed by atoms with E-state index < -0.39 is 28.1 Å². The summed E-state index contributed by atoms with van der Waals surface area (Å²) in [5, 5.41) is 14.3. The van der Waals surface area contributed by atoms with E-state index in [1.54, 1.807) is 0 Å². The van der Waals surface area contributed by atoms with Gasteiger partial charge in [0.25, 0.3) is 11.8 Å². The quantitative estimate of drug-likeness (QED) is 0.174. The number of rotatable bonds is 11. The molecule has 0 aliphatic heterocycles. The Hall–Kier alpha value is -0.636. The van der Waals surface area contributed by atoms with Crippen LogP contribution >= 0.6 is 25.3 Å². The summed E-state index contributed by atoms with van der Waals surface area (Å²) in [6.07, 6.45) is 7.87. The zero-order valence-electron chi connectivity index (χ0n) is 14.1. The number of thiol groups is 2. The summed E-state index contributed by atoms with van der Waals surface area (Å²) < 4.78 is 10.1. The molecule has 24 heavy (non-hydrogen) atoms. The van der Waals surface area contributed by atoms with Crippen LogP contribution < -0.4 is 11.5 Å². The van der Waals surface area contributed by atoms with Crippen LogP contribution in [0.3, 0.4) is 0 Å². The van der Waals surface area contributed by atoms with Gasteiger partial charge in [0.1, 0.15) is 11.4 Å². The largest absolute Gasteiger partial charge is 0.365 e. The minimum Gasteiger partial charge on any atom is -0.365 e. The van der Waals surface area contributed by atoms with Crippen molar-refractivity contribution in [3.8, 4) is 0 Å². The van der Waals surface area contributed by atoms with Crippen LogP contribution in [-0.2, 0) is 29.5 Å². The number of amides is 2. The van der Waals surface area contributed by atoms with E-state index in [1.807, 2.05) is 0 Å². The number of unbranched alkanes of at least 4 members (excludes halogenated alkanes) is 5. The van der Waals surface area contributed by atoms with Crippen molar-refractivity contribution in [2.45, 2.75) is 50.6 Å². The van der Waals surface area contributed by atoms with Crippen LogP contribution in [0.15, 0.2) is 0 Å². The van der Waals surface area contributed by atoms with Crippen molar-refractivity contribution in [2.75, 3.05) is 11.5 Å². The van der Waals surface area contributed by atoms with Gasteiger partial charge in [0, 0.05) is 11.5 Å². The third-order valence-corrected chi connectivity index (χ3v) is 3.93. The number of carbonyl (C=O) groups is 2. The molecule has 0 unspecified atom stereocenters. The van der Waals surface area contributed by atoms with Crippen LogP contribution in [0.4, 0.5) is 0 Å². The van der Waals surface area contributed by atoms with Crippen molar-refractivity contribution < 1.29 is 29.5 Å². The van der Waals surface area contributed by atoms with Crippen LogP contribution in [0.25, 0.3) is 0 Å². The van der Waals surface area contributed by atoms with E-state index in [4.69, 9.17) is 10.8 Å². The monoisotopic (exact) mass is 416 g/mol. The molecule has 10 heteroatoms. The molecule has 0 saturated carbocycles. The predicted molar refractivity (Wildman–Crippen MR) is 100 cm³/mol. The SMILES string of the molecule is CCCCCCC[CH2][V]=[O].N=C(CS)C(N)=O.N=C(CS)C(N)=O. The number of hydrogen-bond donors (Lipinski definition) is 6. The van der Waals surface area contributed by atoms with Gasteiger partial charge in [-0.1, -0.05) is 0 Å². The van der Waals surface area contributed by atoms with E-state index in [9.17, 15) is 13.3 Å². The molecule has 0 aliphatic rings. The van der Waals surface area contributed by atoms with Gasteiger partial charge in [-0.3, -0.25) is 20.4 Å². The van der Waals surface area contributed by atoms with Crippen molar-refractivity contribution >= 4 is 48.5 Å². The fourth-order valence-corrected chi connectivity index (χ4v) is 1.97. The molecule has 140 valence electrons. The predicted octanol–water partition coefficient (Wildman–Crippen LogP) is 2.04. The Morgan fingerprint density at radius 2 is 1.25 bits per heavy atom. The van der Waals surface area contributed by atoms with Gasteiger partial charge in [-0.05, 0) is 0 Å². The molecule has 0 heterocycles. The van der Waals surface area contributed by atoms with Crippen LogP contribution in [0.5, 0.6) is 0 Å². The van der Waals surface area contributed by atoms with E-state index in [1.165, 1.54) is 38.5 Å². The van der Waals surface area contributed by atoms with Crippen LogP contribution in [0.1, 0.15) is 45.4 Å². The molecule has 0 bridgehead atoms. The Labute approximate surface area is 162 Å². The van der Waals surface area contributed by atoms with Crippen molar-refractivity contribution in [3.05, 3.63) is 0 Å². The fourth-order valence-electron chi connectivity index (χ4n) is 1.11. The smallest absolute Gasteiger partial charge is 0.263 e. The second-order valence-electron chi connectivity index (χ2n) is 4.62. The summed E-state index contributed by atoms with van der Waals surface area (Å²) in [7, 11) is 0. The summed E-state index contributed by atoms with van der Waals surface area (Å²) in [4.78, 5) is 19.8. The van der Waals surface area contributed by atoms with E-state index >= 15 is 0 Å². The van der Waals surface area contributed by atoms with Gasteiger partial charge in [0.2, 0.25) is 0 Å².